The lowest BCUT2D eigenvalue weighted by Gasteiger charge is -2.19. The lowest BCUT2D eigenvalue weighted by Crippen LogP contribution is -2.21. The molecule has 0 bridgehead atoms. The van der Waals surface area contributed by atoms with Crippen molar-refractivity contribution in [1.82, 2.24) is 4.98 Å². The van der Waals surface area contributed by atoms with Crippen molar-refractivity contribution in [2.75, 3.05) is 0 Å². The molecule has 0 atom stereocenters. The van der Waals surface area contributed by atoms with Gasteiger partial charge in [0, 0.05) is 29.4 Å². The second-order valence-corrected chi connectivity index (χ2v) is 7.09. The number of hydrogen-bond donors (Lipinski definition) is 3. The minimum atomic E-state index is -0.466. The monoisotopic (exact) mass is 361 g/mol. The van der Waals surface area contributed by atoms with Crippen molar-refractivity contribution in [2.45, 2.75) is 26.7 Å². The van der Waals surface area contributed by atoms with Crippen LogP contribution in [0.25, 0.3) is 16.7 Å². The molecule has 0 fully saturated rings. The summed E-state index contributed by atoms with van der Waals surface area (Å²) in [7, 11) is 0. The lowest BCUT2D eigenvalue weighted by molar-refractivity contribution is -0.115. The number of ketones is 1. The first-order chi connectivity index (χ1) is 12.8. The maximum atomic E-state index is 12.6. The number of aliphatic hydroxyl groups excluding tert-OH is 1. The molecule has 5 nitrogen and oxygen atoms in total. The van der Waals surface area contributed by atoms with Crippen LogP contribution in [0.15, 0.2) is 46.8 Å². The number of Topliss-reactive ketones (excluding diaryl/α,β-unsaturated/α-hetero) is 1. The molecule has 1 aliphatic carbocycles. The van der Waals surface area contributed by atoms with E-state index in [4.69, 9.17) is 0 Å². The van der Waals surface area contributed by atoms with Crippen LogP contribution < -0.4 is 5.56 Å². The second kappa shape index (κ2) is 6.13. The van der Waals surface area contributed by atoms with Gasteiger partial charge in [0.05, 0.1) is 11.1 Å². The van der Waals surface area contributed by atoms with E-state index in [1.165, 1.54) is 0 Å². The summed E-state index contributed by atoms with van der Waals surface area (Å²) in [5.41, 5.74) is 3.58. The van der Waals surface area contributed by atoms with Gasteiger partial charge < -0.3 is 15.2 Å². The topological polar surface area (TPSA) is 90.4 Å². The highest BCUT2D eigenvalue weighted by atomic mass is 16.3. The molecule has 1 aliphatic rings. The van der Waals surface area contributed by atoms with Crippen LogP contribution in [-0.2, 0) is 17.6 Å². The third-order valence-electron chi connectivity index (χ3n) is 5.09. The molecule has 0 spiro atoms. The van der Waals surface area contributed by atoms with Crippen molar-refractivity contribution in [3.05, 3.63) is 80.1 Å². The fourth-order valence-corrected chi connectivity index (χ4v) is 3.59. The molecule has 2 aromatic carbocycles. The van der Waals surface area contributed by atoms with E-state index in [1.807, 2.05) is 38.1 Å². The average molecular weight is 361 g/mol. The number of aromatic hydroxyl groups is 1. The van der Waals surface area contributed by atoms with Crippen molar-refractivity contribution in [1.29, 1.82) is 0 Å². The molecule has 136 valence electrons. The smallest absolute Gasteiger partial charge is 0.255 e. The molecule has 0 unspecified atom stereocenters. The first-order valence-electron chi connectivity index (χ1n) is 8.75. The van der Waals surface area contributed by atoms with Crippen LogP contribution in [0, 0.1) is 13.8 Å². The quantitative estimate of drug-likeness (QED) is 0.652. The van der Waals surface area contributed by atoms with Crippen LogP contribution in [0.1, 0.15) is 27.8 Å². The zero-order chi connectivity index (χ0) is 19.3. The molecule has 3 N–H and O–H groups in total. The van der Waals surface area contributed by atoms with E-state index in [-0.39, 0.29) is 41.3 Å². The highest BCUT2D eigenvalue weighted by molar-refractivity contribution is 6.06. The summed E-state index contributed by atoms with van der Waals surface area (Å²) in [4.78, 5) is 27.8. The standard InChI is InChI=1S/C22H19NO4/c1-11-3-5-13-9-19(24)16(20(25)14(13)7-11)10-17-21(26)15-8-12(2)4-6-18(15)23-22(17)27/h3-8,25H,9-10H2,1-2H3,(H2,23,26,27). The van der Waals surface area contributed by atoms with Gasteiger partial charge in [0.25, 0.3) is 5.56 Å². The van der Waals surface area contributed by atoms with E-state index in [9.17, 15) is 19.8 Å². The Morgan fingerprint density at radius 3 is 2.48 bits per heavy atom. The Balaban J connectivity index is 1.88. The van der Waals surface area contributed by atoms with Crippen molar-refractivity contribution in [2.24, 2.45) is 0 Å². The Labute approximate surface area is 155 Å². The summed E-state index contributed by atoms with van der Waals surface area (Å²) >= 11 is 0. The maximum Gasteiger partial charge on any atom is 0.255 e. The molecule has 5 heteroatoms. The summed E-state index contributed by atoms with van der Waals surface area (Å²) < 4.78 is 0. The number of H-pyrrole nitrogens is 1. The van der Waals surface area contributed by atoms with Crippen molar-refractivity contribution < 1.29 is 15.0 Å². The zero-order valence-corrected chi connectivity index (χ0v) is 15.1. The minimum absolute atomic E-state index is 0.0825. The normalized spacial score (nSPS) is 13.9. The van der Waals surface area contributed by atoms with Crippen LogP contribution in [0.3, 0.4) is 0 Å². The Morgan fingerprint density at radius 1 is 1.00 bits per heavy atom. The van der Waals surface area contributed by atoms with Crippen LogP contribution in [0.4, 0.5) is 0 Å². The molecule has 27 heavy (non-hydrogen) atoms. The van der Waals surface area contributed by atoms with Crippen LogP contribution in [0.5, 0.6) is 5.75 Å². The SMILES string of the molecule is Cc1ccc2c(c1)C(O)=C(Cc1c(O)c3cc(C)ccc3[nH]c1=O)C(=O)C2. The maximum absolute atomic E-state index is 12.6. The molecular weight excluding hydrogens is 342 g/mol. The van der Waals surface area contributed by atoms with Crippen LogP contribution >= 0.6 is 0 Å². The molecule has 1 heterocycles. The highest BCUT2D eigenvalue weighted by Crippen LogP contribution is 2.33. The van der Waals surface area contributed by atoms with Gasteiger partial charge in [-0.1, -0.05) is 29.3 Å². The molecular formula is C22H19NO4. The number of carbonyl (C=O) groups is 1. The third kappa shape index (κ3) is 2.81. The number of aromatic amines is 1. The number of fused-ring (bicyclic) bond motifs is 2. The van der Waals surface area contributed by atoms with Crippen LogP contribution in [-0.4, -0.2) is 21.0 Å². The largest absolute Gasteiger partial charge is 0.507 e. The first-order valence-corrected chi connectivity index (χ1v) is 8.75. The minimum Gasteiger partial charge on any atom is -0.507 e. The summed E-state index contributed by atoms with van der Waals surface area (Å²) in [6, 6.07) is 10.9. The predicted octanol–water partition coefficient (Wildman–Crippen LogP) is 3.49. The van der Waals surface area contributed by atoms with Crippen molar-refractivity contribution in [3.8, 4) is 5.75 Å². The van der Waals surface area contributed by atoms with Gasteiger partial charge in [-0.25, -0.2) is 0 Å². The zero-order valence-electron chi connectivity index (χ0n) is 15.1. The molecule has 0 radical (unpaired) electrons. The fraction of sp³-hybridized carbons (Fsp3) is 0.182. The third-order valence-corrected chi connectivity index (χ3v) is 5.09. The van der Waals surface area contributed by atoms with Gasteiger partial charge in [0.1, 0.15) is 11.5 Å². The molecule has 0 amide bonds. The number of aromatic nitrogens is 1. The van der Waals surface area contributed by atoms with Gasteiger partial charge in [-0.2, -0.15) is 0 Å². The summed E-state index contributed by atoms with van der Waals surface area (Å²) in [5.74, 6) is -0.513. The number of pyridine rings is 1. The Hall–Kier alpha value is -3.34. The number of nitrogens with one attached hydrogen (secondary N) is 1. The highest BCUT2D eigenvalue weighted by Gasteiger charge is 2.27. The number of allylic oxidation sites excluding steroid dienone is 1. The molecule has 3 aromatic rings. The number of carbonyl (C=O) groups excluding carboxylic acids is 1. The van der Waals surface area contributed by atoms with Crippen molar-refractivity contribution in [3.63, 3.8) is 0 Å². The number of rotatable bonds is 2. The van der Waals surface area contributed by atoms with Crippen LogP contribution in [0.2, 0.25) is 0 Å². The van der Waals surface area contributed by atoms with E-state index in [0.717, 1.165) is 16.7 Å². The molecule has 0 saturated carbocycles. The second-order valence-electron chi connectivity index (χ2n) is 7.09. The van der Waals surface area contributed by atoms with E-state index in [0.29, 0.717) is 16.5 Å². The summed E-state index contributed by atoms with van der Waals surface area (Å²) in [5, 5.41) is 21.9. The number of hydrogen-bond acceptors (Lipinski definition) is 4. The van der Waals surface area contributed by atoms with Gasteiger partial charge in [0.15, 0.2) is 5.78 Å². The predicted molar refractivity (Wildman–Crippen MR) is 104 cm³/mol. The Bertz CT molecular complexity index is 1200. The van der Waals surface area contributed by atoms with E-state index >= 15 is 0 Å². The lowest BCUT2D eigenvalue weighted by atomic mass is 9.86. The number of benzene rings is 2. The Kier molecular flexibility index (Phi) is 3.88. The van der Waals surface area contributed by atoms with E-state index in [2.05, 4.69) is 4.98 Å². The molecule has 1 aromatic heterocycles. The molecule has 0 saturated heterocycles. The van der Waals surface area contributed by atoms with Gasteiger partial charge >= 0.3 is 0 Å². The van der Waals surface area contributed by atoms with Gasteiger partial charge in [0.2, 0.25) is 0 Å². The number of aliphatic hydroxyl groups is 1. The average Bonchev–Trinajstić information content (AvgIpc) is 2.62. The van der Waals surface area contributed by atoms with E-state index in [1.54, 1.807) is 12.1 Å². The number of aryl methyl sites for hydroxylation is 2. The molecule has 4 rings (SSSR count). The van der Waals surface area contributed by atoms with E-state index < -0.39 is 5.56 Å². The summed E-state index contributed by atoms with van der Waals surface area (Å²) in [6.45, 7) is 3.80. The first kappa shape index (κ1) is 17.1. The van der Waals surface area contributed by atoms with Gasteiger partial charge in [-0.3, -0.25) is 9.59 Å². The summed E-state index contributed by atoms with van der Waals surface area (Å²) in [6.07, 6.45) is 0.0451. The van der Waals surface area contributed by atoms with Gasteiger partial charge in [-0.05, 0) is 37.6 Å². The van der Waals surface area contributed by atoms with Gasteiger partial charge in [-0.15, -0.1) is 0 Å². The molecule has 0 aliphatic heterocycles. The Morgan fingerprint density at radius 2 is 1.70 bits per heavy atom. The van der Waals surface area contributed by atoms with Crippen molar-refractivity contribution >= 4 is 22.4 Å². The fourth-order valence-electron chi connectivity index (χ4n) is 3.59.